The van der Waals surface area contributed by atoms with E-state index in [4.69, 9.17) is 9.47 Å². The third-order valence-corrected chi connectivity index (χ3v) is 3.07. The van der Waals surface area contributed by atoms with Crippen LogP contribution in [0.5, 0.6) is 5.88 Å². The lowest BCUT2D eigenvalue weighted by molar-refractivity contribution is 0.0598. The van der Waals surface area contributed by atoms with Crippen LogP contribution in [-0.4, -0.2) is 24.7 Å². The van der Waals surface area contributed by atoms with E-state index in [9.17, 15) is 4.79 Å². The first-order chi connectivity index (χ1) is 9.02. The molecule has 4 nitrogen and oxygen atoms in total. The summed E-state index contributed by atoms with van der Waals surface area (Å²) in [6, 6.07) is 5.62. The van der Waals surface area contributed by atoms with Gasteiger partial charge in [-0.1, -0.05) is 22.5 Å². The maximum atomic E-state index is 11.9. The molecule has 2 rings (SSSR count). The van der Waals surface area contributed by atoms with E-state index >= 15 is 0 Å². The zero-order valence-electron chi connectivity index (χ0n) is 10.7. The number of carbonyl (C=O) groups is 1. The van der Waals surface area contributed by atoms with Gasteiger partial charge in [-0.25, -0.2) is 4.79 Å². The van der Waals surface area contributed by atoms with Gasteiger partial charge < -0.3 is 14.5 Å². The summed E-state index contributed by atoms with van der Waals surface area (Å²) in [6.45, 7) is 5.97. The third kappa shape index (κ3) is 2.81. The molecule has 1 aromatic heterocycles. The minimum atomic E-state index is -0.430. The molecule has 2 aromatic rings. The van der Waals surface area contributed by atoms with Crippen molar-refractivity contribution in [1.29, 1.82) is 0 Å². The number of hydrogen-bond acceptors (Lipinski definition) is 3. The van der Waals surface area contributed by atoms with Gasteiger partial charge in [-0.15, -0.1) is 0 Å². The fourth-order valence-corrected chi connectivity index (χ4v) is 2.11. The average Bonchev–Trinajstić information content (AvgIpc) is 2.73. The first-order valence-corrected chi connectivity index (χ1v) is 6.49. The van der Waals surface area contributed by atoms with Gasteiger partial charge >= 0.3 is 5.97 Å². The molecule has 0 radical (unpaired) electrons. The lowest BCUT2D eigenvalue weighted by Crippen LogP contribution is -2.06. The fraction of sp³-hybridized carbons (Fsp3) is 0.214. The predicted octanol–water partition coefficient (Wildman–Crippen LogP) is 3.67. The molecular formula is C14H14BrNO3. The molecular weight excluding hydrogens is 310 g/mol. The average molecular weight is 324 g/mol. The zero-order chi connectivity index (χ0) is 14.0. The smallest absolute Gasteiger partial charge is 0.344 e. The van der Waals surface area contributed by atoms with Crippen LogP contribution in [0, 0.1) is 0 Å². The first kappa shape index (κ1) is 13.7. The van der Waals surface area contributed by atoms with Crippen molar-refractivity contribution in [2.24, 2.45) is 0 Å². The number of esters is 1. The standard InChI is InChI=1S/C14H14BrNO3/c1-8(2)7-19-13-12(14(17)18-3)10-6-9(15)4-5-11(10)16-13/h4-6,16H,1,7H2,2-3H3. The molecule has 0 aliphatic carbocycles. The van der Waals surface area contributed by atoms with Gasteiger partial charge in [0, 0.05) is 15.4 Å². The molecule has 0 spiro atoms. The van der Waals surface area contributed by atoms with Crippen LogP contribution in [0.25, 0.3) is 10.9 Å². The van der Waals surface area contributed by atoms with Crippen LogP contribution in [0.2, 0.25) is 0 Å². The minimum Gasteiger partial charge on any atom is -0.474 e. The Morgan fingerprint density at radius 3 is 2.84 bits per heavy atom. The molecule has 1 N–H and O–H groups in total. The van der Waals surface area contributed by atoms with Gasteiger partial charge in [0.25, 0.3) is 0 Å². The Hall–Kier alpha value is -1.75. The van der Waals surface area contributed by atoms with Crippen LogP contribution in [-0.2, 0) is 4.74 Å². The molecule has 0 saturated carbocycles. The predicted molar refractivity (Wildman–Crippen MR) is 77.6 cm³/mol. The van der Waals surface area contributed by atoms with Crippen LogP contribution < -0.4 is 4.74 Å². The van der Waals surface area contributed by atoms with Crippen molar-refractivity contribution in [3.63, 3.8) is 0 Å². The first-order valence-electron chi connectivity index (χ1n) is 5.69. The minimum absolute atomic E-state index is 0.345. The Balaban J connectivity index is 2.55. The SMILES string of the molecule is C=C(C)COc1[nH]c2ccc(Br)cc2c1C(=O)OC. The van der Waals surface area contributed by atoms with Gasteiger partial charge in [0.2, 0.25) is 5.88 Å². The van der Waals surface area contributed by atoms with Gasteiger partial charge in [0.05, 0.1) is 7.11 Å². The van der Waals surface area contributed by atoms with E-state index in [1.54, 1.807) is 0 Å². The Labute approximate surface area is 119 Å². The highest BCUT2D eigenvalue weighted by atomic mass is 79.9. The number of fused-ring (bicyclic) bond motifs is 1. The zero-order valence-corrected chi connectivity index (χ0v) is 12.3. The van der Waals surface area contributed by atoms with E-state index in [1.165, 1.54) is 7.11 Å². The number of benzene rings is 1. The number of rotatable bonds is 4. The monoisotopic (exact) mass is 323 g/mol. The maximum absolute atomic E-state index is 11.9. The normalized spacial score (nSPS) is 10.5. The Morgan fingerprint density at radius 2 is 2.21 bits per heavy atom. The van der Waals surface area contributed by atoms with Crippen LogP contribution >= 0.6 is 15.9 Å². The Morgan fingerprint density at radius 1 is 1.47 bits per heavy atom. The van der Waals surface area contributed by atoms with E-state index in [0.717, 1.165) is 20.9 Å². The van der Waals surface area contributed by atoms with Gasteiger partial charge in [0.1, 0.15) is 12.2 Å². The molecule has 0 aliphatic heterocycles. The molecule has 5 heteroatoms. The second kappa shape index (κ2) is 5.48. The molecule has 19 heavy (non-hydrogen) atoms. The van der Waals surface area contributed by atoms with E-state index in [0.29, 0.717) is 18.1 Å². The summed E-state index contributed by atoms with van der Waals surface area (Å²) >= 11 is 3.39. The molecule has 100 valence electrons. The highest BCUT2D eigenvalue weighted by Crippen LogP contribution is 2.31. The molecule has 0 aliphatic rings. The summed E-state index contributed by atoms with van der Waals surface area (Å²) in [4.78, 5) is 15.0. The number of aromatic amines is 1. The quantitative estimate of drug-likeness (QED) is 0.689. The van der Waals surface area contributed by atoms with Crippen molar-refractivity contribution >= 4 is 32.8 Å². The van der Waals surface area contributed by atoms with Crippen molar-refractivity contribution < 1.29 is 14.3 Å². The van der Waals surface area contributed by atoms with Gasteiger partial charge in [-0.2, -0.15) is 0 Å². The molecule has 0 fully saturated rings. The number of aromatic nitrogens is 1. The maximum Gasteiger partial charge on any atom is 0.344 e. The summed E-state index contributed by atoms with van der Waals surface area (Å²) < 4.78 is 11.3. The number of ether oxygens (including phenoxy) is 2. The highest BCUT2D eigenvalue weighted by Gasteiger charge is 2.20. The molecule has 0 saturated heterocycles. The van der Waals surface area contributed by atoms with Gasteiger partial charge in [0.15, 0.2) is 0 Å². The fourth-order valence-electron chi connectivity index (χ4n) is 1.75. The second-order valence-corrected chi connectivity index (χ2v) is 5.17. The van der Waals surface area contributed by atoms with E-state index in [1.807, 2.05) is 25.1 Å². The topological polar surface area (TPSA) is 51.3 Å². The number of hydrogen-bond donors (Lipinski definition) is 1. The third-order valence-electron chi connectivity index (χ3n) is 2.58. The lowest BCUT2D eigenvalue weighted by Gasteiger charge is -2.05. The molecule has 1 heterocycles. The van der Waals surface area contributed by atoms with Crippen molar-refractivity contribution in [2.75, 3.05) is 13.7 Å². The van der Waals surface area contributed by atoms with Gasteiger partial charge in [-0.05, 0) is 30.7 Å². The summed E-state index contributed by atoms with van der Waals surface area (Å²) in [7, 11) is 1.35. The summed E-state index contributed by atoms with van der Waals surface area (Å²) in [5.74, 6) is -0.0241. The lowest BCUT2D eigenvalue weighted by atomic mass is 10.2. The number of H-pyrrole nitrogens is 1. The van der Waals surface area contributed by atoms with E-state index in [-0.39, 0.29) is 0 Å². The van der Waals surface area contributed by atoms with Crippen molar-refractivity contribution in [1.82, 2.24) is 4.98 Å². The van der Waals surface area contributed by atoms with Crippen LogP contribution in [0.4, 0.5) is 0 Å². The molecule has 0 bridgehead atoms. The van der Waals surface area contributed by atoms with Crippen LogP contribution in [0.1, 0.15) is 17.3 Å². The van der Waals surface area contributed by atoms with Crippen molar-refractivity contribution in [2.45, 2.75) is 6.92 Å². The highest BCUT2D eigenvalue weighted by molar-refractivity contribution is 9.10. The van der Waals surface area contributed by atoms with E-state index in [2.05, 4.69) is 27.5 Å². The molecule has 0 amide bonds. The summed E-state index contributed by atoms with van der Waals surface area (Å²) in [5, 5.41) is 0.762. The van der Waals surface area contributed by atoms with Crippen LogP contribution in [0.15, 0.2) is 34.8 Å². The van der Waals surface area contributed by atoms with Crippen molar-refractivity contribution in [3.05, 3.63) is 40.4 Å². The number of halogens is 1. The van der Waals surface area contributed by atoms with E-state index < -0.39 is 5.97 Å². The summed E-state index contributed by atoms with van der Waals surface area (Å²) in [5.41, 5.74) is 2.09. The van der Waals surface area contributed by atoms with Gasteiger partial charge in [-0.3, -0.25) is 0 Å². The van der Waals surface area contributed by atoms with Crippen molar-refractivity contribution in [3.8, 4) is 5.88 Å². The largest absolute Gasteiger partial charge is 0.474 e. The number of nitrogens with one attached hydrogen (secondary N) is 1. The molecule has 0 atom stereocenters. The van der Waals surface area contributed by atoms with Crippen LogP contribution in [0.3, 0.4) is 0 Å². The second-order valence-electron chi connectivity index (χ2n) is 4.26. The number of carbonyl (C=O) groups excluding carboxylic acids is 1. The molecule has 0 unspecified atom stereocenters. The Kier molecular flexibility index (Phi) is 3.95. The number of methoxy groups -OCH3 is 1. The molecule has 1 aromatic carbocycles. The summed E-state index contributed by atoms with van der Waals surface area (Å²) in [6.07, 6.45) is 0. The Bertz CT molecular complexity index is 645.